The van der Waals surface area contributed by atoms with Gasteiger partial charge in [0, 0.05) is 44.8 Å². The van der Waals surface area contributed by atoms with E-state index < -0.39 is 0 Å². The van der Waals surface area contributed by atoms with Crippen molar-refractivity contribution in [2.24, 2.45) is 0 Å². The number of rotatable bonds is 6. The molecule has 0 atom stereocenters. The van der Waals surface area contributed by atoms with Crippen LogP contribution in [-0.2, 0) is 0 Å². The molecule has 0 spiro atoms. The number of nitrogens with zero attached hydrogens (tertiary/aromatic N) is 4. The Hall–Kier alpha value is -2.40. The molecule has 4 rings (SSSR count). The molecular formula is C21H27N5. The zero-order chi connectivity index (χ0) is 17.8. The van der Waals surface area contributed by atoms with Crippen molar-refractivity contribution in [1.82, 2.24) is 14.9 Å². The first-order valence-electron chi connectivity index (χ1n) is 9.57. The Morgan fingerprint density at radius 1 is 1.08 bits per heavy atom. The molecule has 0 radical (unpaired) electrons. The quantitative estimate of drug-likeness (QED) is 0.868. The van der Waals surface area contributed by atoms with Crippen LogP contribution in [0.1, 0.15) is 24.2 Å². The van der Waals surface area contributed by atoms with Crippen LogP contribution in [0, 0.1) is 6.92 Å². The number of nitrogens with one attached hydrogen (secondary N) is 1. The Labute approximate surface area is 155 Å². The zero-order valence-corrected chi connectivity index (χ0v) is 15.4. The van der Waals surface area contributed by atoms with Gasteiger partial charge in [0.1, 0.15) is 17.5 Å². The summed E-state index contributed by atoms with van der Waals surface area (Å²) in [7, 11) is 0. The lowest BCUT2D eigenvalue weighted by atomic mass is 10.2. The van der Waals surface area contributed by atoms with E-state index in [1.54, 1.807) is 0 Å². The predicted molar refractivity (Wildman–Crippen MR) is 108 cm³/mol. The van der Waals surface area contributed by atoms with Gasteiger partial charge in [-0.15, -0.1) is 0 Å². The summed E-state index contributed by atoms with van der Waals surface area (Å²) in [5.74, 6) is 2.88. The van der Waals surface area contributed by atoms with Crippen LogP contribution in [0.2, 0.25) is 0 Å². The Bertz CT molecular complexity index is 746. The lowest BCUT2D eigenvalue weighted by Gasteiger charge is -2.35. The summed E-state index contributed by atoms with van der Waals surface area (Å²) in [4.78, 5) is 14.1. The minimum atomic E-state index is 0.616. The topological polar surface area (TPSA) is 44.3 Å². The van der Waals surface area contributed by atoms with Crippen molar-refractivity contribution >= 4 is 17.7 Å². The molecule has 2 aromatic rings. The molecule has 0 amide bonds. The van der Waals surface area contributed by atoms with Crippen LogP contribution < -0.4 is 10.2 Å². The molecular weight excluding hydrogens is 322 g/mol. The highest BCUT2D eigenvalue weighted by molar-refractivity contribution is 5.51. The fourth-order valence-corrected chi connectivity index (χ4v) is 3.29. The summed E-state index contributed by atoms with van der Waals surface area (Å²) in [6, 6.07) is 13.2. The highest BCUT2D eigenvalue weighted by Gasteiger charge is 2.23. The molecule has 1 aromatic carbocycles. The molecule has 0 bridgehead atoms. The molecule has 136 valence electrons. The van der Waals surface area contributed by atoms with Crippen LogP contribution in [-0.4, -0.2) is 53.6 Å². The van der Waals surface area contributed by atoms with E-state index in [1.807, 2.05) is 6.92 Å². The molecule has 1 aliphatic heterocycles. The molecule has 26 heavy (non-hydrogen) atoms. The average molecular weight is 349 g/mol. The van der Waals surface area contributed by atoms with E-state index in [0.29, 0.717) is 6.04 Å². The zero-order valence-electron chi connectivity index (χ0n) is 15.4. The Balaban J connectivity index is 1.30. The highest BCUT2D eigenvalue weighted by atomic mass is 15.3. The molecule has 1 aromatic heterocycles. The average Bonchev–Trinajstić information content (AvgIpc) is 3.47. The number of hydrogen-bond acceptors (Lipinski definition) is 5. The summed E-state index contributed by atoms with van der Waals surface area (Å²) in [6.07, 6.45) is 6.98. The van der Waals surface area contributed by atoms with Gasteiger partial charge in [0.05, 0.1) is 0 Å². The predicted octanol–water partition coefficient (Wildman–Crippen LogP) is 3.19. The highest BCUT2D eigenvalue weighted by Crippen LogP contribution is 2.25. The van der Waals surface area contributed by atoms with Crippen molar-refractivity contribution in [2.75, 3.05) is 42.9 Å². The van der Waals surface area contributed by atoms with Gasteiger partial charge < -0.3 is 10.2 Å². The van der Waals surface area contributed by atoms with Gasteiger partial charge in [-0.05, 0) is 25.3 Å². The van der Waals surface area contributed by atoms with Crippen LogP contribution in [0.5, 0.6) is 0 Å². The van der Waals surface area contributed by atoms with Crippen LogP contribution in [0.15, 0.2) is 42.5 Å². The van der Waals surface area contributed by atoms with Crippen LogP contribution in [0.4, 0.5) is 11.6 Å². The summed E-state index contributed by atoms with van der Waals surface area (Å²) in [6.45, 7) is 7.13. The molecule has 1 aliphatic carbocycles. The van der Waals surface area contributed by atoms with E-state index in [2.05, 4.69) is 73.6 Å². The maximum Gasteiger partial charge on any atom is 0.134 e. The van der Waals surface area contributed by atoms with E-state index in [-0.39, 0.29) is 0 Å². The van der Waals surface area contributed by atoms with Crippen molar-refractivity contribution in [3.05, 3.63) is 53.9 Å². The fraction of sp³-hybridized carbons (Fsp3) is 0.429. The maximum atomic E-state index is 4.65. The number of benzene rings is 1. The molecule has 1 saturated carbocycles. The Kier molecular flexibility index (Phi) is 5.16. The monoisotopic (exact) mass is 349 g/mol. The molecule has 0 unspecified atom stereocenters. The Morgan fingerprint density at radius 3 is 2.58 bits per heavy atom. The van der Waals surface area contributed by atoms with Gasteiger partial charge in [0.25, 0.3) is 0 Å². The molecule has 1 N–H and O–H groups in total. The van der Waals surface area contributed by atoms with E-state index >= 15 is 0 Å². The largest absolute Gasteiger partial charge is 0.367 e. The van der Waals surface area contributed by atoms with Crippen LogP contribution in [0.3, 0.4) is 0 Å². The first-order valence-corrected chi connectivity index (χ1v) is 9.57. The van der Waals surface area contributed by atoms with Crippen LogP contribution >= 0.6 is 0 Å². The van der Waals surface area contributed by atoms with E-state index in [0.717, 1.165) is 50.2 Å². The molecule has 5 heteroatoms. The maximum absolute atomic E-state index is 4.65. The summed E-state index contributed by atoms with van der Waals surface area (Å²) < 4.78 is 0. The van der Waals surface area contributed by atoms with Crippen LogP contribution in [0.25, 0.3) is 6.08 Å². The molecule has 1 saturated heterocycles. The summed E-state index contributed by atoms with van der Waals surface area (Å²) in [5, 5.41) is 3.49. The van der Waals surface area contributed by atoms with Gasteiger partial charge in [-0.3, -0.25) is 4.90 Å². The SMILES string of the molecule is Cc1nc(NC2CC2)cc(N2CCN(C/C=C/c3ccccc3)CC2)n1. The van der Waals surface area contributed by atoms with Crippen molar-refractivity contribution in [3.63, 3.8) is 0 Å². The minimum absolute atomic E-state index is 0.616. The van der Waals surface area contributed by atoms with E-state index in [1.165, 1.54) is 18.4 Å². The third-order valence-corrected chi connectivity index (χ3v) is 4.92. The summed E-state index contributed by atoms with van der Waals surface area (Å²) in [5.41, 5.74) is 1.26. The minimum Gasteiger partial charge on any atom is -0.367 e. The third kappa shape index (κ3) is 4.61. The van der Waals surface area contributed by atoms with Crippen molar-refractivity contribution in [1.29, 1.82) is 0 Å². The van der Waals surface area contributed by atoms with Gasteiger partial charge >= 0.3 is 0 Å². The second-order valence-corrected chi connectivity index (χ2v) is 7.18. The van der Waals surface area contributed by atoms with Gasteiger partial charge in [0.15, 0.2) is 0 Å². The number of aromatic nitrogens is 2. The second kappa shape index (κ2) is 7.87. The first-order chi connectivity index (χ1) is 12.8. The molecule has 2 aliphatic rings. The fourth-order valence-electron chi connectivity index (χ4n) is 3.29. The number of hydrogen-bond donors (Lipinski definition) is 1. The lowest BCUT2D eigenvalue weighted by molar-refractivity contribution is 0.283. The number of anilines is 2. The van der Waals surface area contributed by atoms with Crippen molar-refractivity contribution in [3.8, 4) is 0 Å². The van der Waals surface area contributed by atoms with Gasteiger partial charge in [-0.25, -0.2) is 9.97 Å². The second-order valence-electron chi connectivity index (χ2n) is 7.18. The van der Waals surface area contributed by atoms with Gasteiger partial charge in [-0.2, -0.15) is 0 Å². The normalized spacial score (nSPS) is 18.4. The number of aryl methyl sites for hydroxylation is 1. The molecule has 2 fully saturated rings. The lowest BCUT2D eigenvalue weighted by Crippen LogP contribution is -2.46. The molecule has 5 nitrogen and oxygen atoms in total. The molecule has 2 heterocycles. The van der Waals surface area contributed by atoms with E-state index in [9.17, 15) is 0 Å². The first kappa shape index (κ1) is 17.0. The summed E-state index contributed by atoms with van der Waals surface area (Å²) >= 11 is 0. The van der Waals surface area contributed by atoms with Gasteiger partial charge in [0.2, 0.25) is 0 Å². The smallest absolute Gasteiger partial charge is 0.134 e. The third-order valence-electron chi connectivity index (χ3n) is 4.92. The standard InChI is InChI=1S/C21H27N5/c1-17-22-20(24-19-9-10-19)16-21(23-17)26-14-12-25(13-15-26)11-5-8-18-6-3-2-4-7-18/h2-8,16,19H,9-15H2,1H3,(H,22,23,24)/b8-5+. The Morgan fingerprint density at radius 2 is 1.85 bits per heavy atom. The van der Waals surface area contributed by atoms with E-state index in [4.69, 9.17) is 0 Å². The number of piperazine rings is 1. The van der Waals surface area contributed by atoms with Crippen molar-refractivity contribution in [2.45, 2.75) is 25.8 Å². The van der Waals surface area contributed by atoms with Gasteiger partial charge in [-0.1, -0.05) is 42.5 Å². The van der Waals surface area contributed by atoms with Crippen molar-refractivity contribution < 1.29 is 0 Å².